The second kappa shape index (κ2) is 5.20. The Morgan fingerprint density at radius 3 is 2.74 bits per heavy atom. The second-order valence-electron chi connectivity index (χ2n) is 5.12. The molecule has 2 aromatic heterocycles. The standard InChI is InChI=1S/C16H12N4O3/c1-9-13(22-8-14-17-19-20-18-14)7-6-11-10-4-2-3-5-12(10)16(21)23-15(9)11/h2-7H,8H2,1H3,(H,17,18,19,20). The molecule has 4 rings (SSSR count). The molecule has 114 valence electrons. The first-order valence-corrected chi connectivity index (χ1v) is 7.04. The number of ether oxygens (including phenoxy) is 1. The highest BCUT2D eigenvalue weighted by Crippen LogP contribution is 2.30. The van der Waals surface area contributed by atoms with Crippen LogP contribution in [-0.2, 0) is 6.61 Å². The molecule has 0 bridgehead atoms. The van der Waals surface area contributed by atoms with Crippen LogP contribution in [0.1, 0.15) is 11.4 Å². The molecule has 0 fully saturated rings. The zero-order valence-corrected chi connectivity index (χ0v) is 12.2. The van der Waals surface area contributed by atoms with Gasteiger partial charge in [-0.3, -0.25) is 0 Å². The van der Waals surface area contributed by atoms with Gasteiger partial charge < -0.3 is 9.15 Å². The summed E-state index contributed by atoms with van der Waals surface area (Å²) in [4.78, 5) is 12.2. The van der Waals surface area contributed by atoms with E-state index in [1.165, 1.54) is 0 Å². The van der Waals surface area contributed by atoms with Gasteiger partial charge in [0.05, 0.1) is 5.39 Å². The van der Waals surface area contributed by atoms with Crippen LogP contribution in [0.5, 0.6) is 5.75 Å². The van der Waals surface area contributed by atoms with Gasteiger partial charge in [0.25, 0.3) is 0 Å². The lowest BCUT2D eigenvalue weighted by molar-refractivity contribution is 0.294. The van der Waals surface area contributed by atoms with Crippen molar-refractivity contribution < 1.29 is 9.15 Å². The first kappa shape index (κ1) is 13.4. The van der Waals surface area contributed by atoms with Crippen molar-refractivity contribution in [2.75, 3.05) is 0 Å². The van der Waals surface area contributed by atoms with Crippen molar-refractivity contribution in [3.8, 4) is 5.75 Å². The van der Waals surface area contributed by atoms with Crippen molar-refractivity contribution in [1.82, 2.24) is 20.6 Å². The third-order valence-electron chi connectivity index (χ3n) is 3.73. The number of fused-ring (bicyclic) bond motifs is 3. The van der Waals surface area contributed by atoms with Crippen LogP contribution >= 0.6 is 0 Å². The Labute approximate surface area is 129 Å². The highest BCUT2D eigenvalue weighted by molar-refractivity contribution is 6.05. The Bertz CT molecular complexity index is 1050. The number of aromatic amines is 1. The quantitative estimate of drug-likeness (QED) is 0.461. The Kier molecular flexibility index (Phi) is 3.04. The monoisotopic (exact) mass is 308 g/mol. The van der Waals surface area contributed by atoms with E-state index >= 15 is 0 Å². The molecular weight excluding hydrogens is 296 g/mol. The van der Waals surface area contributed by atoms with Crippen LogP contribution in [0, 0.1) is 6.92 Å². The minimum absolute atomic E-state index is 0.181. The number of aromatic nitrogens is 4. The molecule has 4 aromatic rings. The van der Waals surface area contributed by atoms with Crippen molar-refractivity contribution in [3.05, 3.63) is 58.2 Å². The molecule has 0 amide bonds. The average molecular weight is 308 g/mol. The summed E-state index contributed by atoms with van der Waals surface area (Å²) in [6.45, 7) is 2.03. The van der Waals surface area contributed by atoms with Crippen LogP contribution in [-0.4, -0.2) is 20.6 Å². The third kappa shape index (κ3) is 2.22. The van der Waals surface area contributed by atoms with Gasteiger partial charge in [-0.1, -0.05) is 23.4 Å². The van der Waals surface area contributed by atoms with E-state index in [0.29, 0.717) is 22.5 Å². The van der Waals surface area contributed by atoms with E-state index in [9.17, 15) is 4.79 Å². The molecule has 0 saturated carbocycles. The predicted molar refractivity (Wildman–Crippen MR) is 83.2 cm³/mol. The van der Waals surface area contributed by atoms with Crippen LogP contribution in [0.15, 0.2) is 45.6 Å². The number of aryl methyl sites for hydroxylation is 1. The van der Waals surface area contributed by atoms with Crippen LogP contribution < -0.4 is 10.4 Å². The van der Waals surface area contributed by atoms with Gasteiger partial charge in [-0.2, -0.15) is 5.21 Å². The van der Waals surface area contributed by atoms with E-state index < -0.39 is 0 Å². The number of nitrogens with one attached hydrogen (secondary N) is 1. The zero-order valence-electron chi connectivity index (χ0n) is 12.2. The van der Waals surface area contributed by atoms with Crippen LogP contribution in [0.4, 0.5) is 0 Å². The van der Waals surface area contributed by atoms with E-state index in [4.69, 9.17) is 9.15 Å². The summed E-state index contributed by atoms with van der Waals surface area (Å²) in [5, 5.41) is 15.8. The Balaban J connectivity index is 1.84. The SMILES string of the molecule is Cc1c(OCc2nn[nH]n2)ccc2c1oc(=O)c1ccccc12. The lowest BCUT2D eigenvalue weighted by Crippen LogP contribution is -2.03. The fourth-order valence-corrected chi connectivity index (χ4v) is 2.60. The first-order valence-electron chi connectivity index (χ1n) is 7.04. The number of hydrogen-bond acceptors (Lipinski definition) is 6. The molecule has 0 aliphatic rings. The number of rotatable bonds is 3. The van der Waals surface area contributed by atoms with Gasteiger partial charge >= 0.3 is 5.63 Å². The summed E-state index contributed by atoms with van der Waals surface area (Å²) in [6, 6.07) is 11.1. The molecule has 0 spiro atoms. The zero-order chi connectivity index (χ0) is 15.8. The summed E-state index contributed by atoms with van der Waals surface area (Å²) in [6.07, 6.45) is 0. The van der Waals surface area contributed by atoms with Crippen molar-refractivity contribution >= 4 is 21.7 Å². The van der Waals surface area contributed by atoms with Crippen molar-refractivity contribution in [3.63, 3.8) is 0 Å². The van der Waals surface area contributed by atoms with E-state index in [1.54, 1.807) is 6.07 Å². The molecule has 2 aromatic carbocycles. The number of hydrogen-bond donors (Lipinski definition) is 1. The first-order chi connectivity index (χ1) is 11.2. The highest BCUT2D eigenvalue weighted by atomic mass is 16.5. The summed E-state index contributed by atoms with van der Waals surface area (Å²) < 4.78 is 11.2. The fourth-order valence-electron chi connectivity index (χ4n) is 2.60. The number of nitrogens with zero attached hydrogens (tertiary/aromatic N) is 3. The summed E-state index contributed by atoms with van der Waals surface area (Å²) in [7, 11) is 0. The maximum Gasteiger partial charge on any atom is 0.344 e. The largest absolute Gasteiger partial charge is 0.485 e. The minimum Gasteiger partial charge on any atom is -0.485 e. The maximum absolute atomic E-state index is 12.2. The topological polar surface area (TPSA) is 93.9 Å². The molecule has 2 heterocycles. The predicted octanol–water partition coefficient (Wildman–Crippen LogP) is 2.35. The molecule has 0 saturated heterocycles. The molecule has 0 aliphatic carbocycles. The summed E-state index contributed by atoms with van der Waals surface area (Å²) in [5.41, 5.74) is 0.930. The lowest BCUT2D eigenvalue weighted by Gasteiger charge is -2.10. The van der Waals surface area contributed by atoms with Gasteiger partial charge in [-0.05, 0) is 30.5 Å². The lowest BCUT2D eigenvalue weighted by atomic mass is 10.0. The number of benzene rings is 2. The van der Waals surface area contributed by atoms with E-state index in [2.05, 4.69) is 20.6 Å². The van der Waals surface area contributed by atoms with Crippen LogP contribution in [0.25, 0.3) is 21.7 Å². The number of tetrazole rings is 1. The molecule has 1 N–H and O–H groups in total. The molecule has 7 heteroatoms. The maximum atomic E-state index is 12.2. The summed E-state index contributed by atoms with van der Waals surface area (Å²) >= 11 is 0. The molecule has 0 radical (unpaired) electrons. The van der Waals surface area contributed by atoms with E-state index in [0.717, 1.165) is 16.3 Å². The molecule has 0 atom stereocenters. The van der Waals surface area contributed by atoms with E-state index in [1.807, 2.05) is 37.3 Å². The van der Waals surface area contributed by atoms with Gasteiger partial charge in [0.2, 0.25) is 5.82 Å². The van der Waals surface area contributed by atoms with Crippen LogP contribution in [0.3, 0.4) is 0 Å². The van der Waals surface area contributed by atoms with Gasteiger partial charge in [0.1, 0.15) is 11.3 Å². The van der Waals surface area contributed by atoms with Gasteiger partial charge in [0, 0.05) is 10.9 Å². The van der Waals surface area contributed by atoms with Crippen LogP contribution in [0.2, 0.25) is 0 Å². The Morgan fingerprint density at radius 2 is 1.96 bits per heavy atom. The molecule has 23 heavy (non-hydrogen) atoms. The van der Waals surface area contributed by atoms with Crippen molar-refractivity contribution in [2.24, 2.45) is 0 Å². The normalized spacial score (nSPS) is 11.2. The summed E-state index contributed by atoms with van der Waals surface area (Å²) in [5.74, 6) is 1.06. The minimum atomic E-state index is -0.355. The fraction of sp³-hybridized carbons (Fsp3) is 0.125. The molecule has 0 unspecified atom stereocenters. The molecule has 0 aliphatic heterocycles. The Morgan fingerprint density at radius 1 is 1.13 bits per heavy atom. The van der Waals surface area contributed by atoms with Crippen molar-refractivity contribution in [1.29, 1.82) is 0 Å². The van der Waals surface area contributed by atoms with E-state index in [-0.39, 0.29) is 12.2 Å². The van der Waals surface area contributed by atoms with Gasteiger partial charge in [-0.15, -0.1) is 10.2 Å². The smallest absolute Gasteiger partial charge is 0.344 e. The second-order valence-corrected chi connectivity index (χ2v) is 5.12. The highest BCUT2D eigenvalue weighted by Gasteiger charge is 2.12. The van der Waals surface area contributed by atoms with Crippen molar-refractivity contribution in [2.45, 2.75) is 13.5 Å². The number of H-pyrrole nitrogens is 1. The molecule has 7 nitrogen and oxygen atoms in total. The van der Waals surface area contributed by atoms with Gasteiger partial charge in [-0.25, -0.2) is 4.79 Å². The Hall–Kier alpha value is -3.22. The average Bonchev–Trinajstić information content (AvgIpc) is 3.09. The molecular formula is C16H12N4O3. The third-order valence-corrected chi connectivity index (χ3v) is 3.73. The van der Waals surface area contributed by atoms with Gasteiger partial charge in [0.15, 0.2) is 6.61 Å².